The molecule has 0 radical (unpaired) electrons. The van der Waals surface area contributed by atoms with Crippen LogP contribution in [0.15, 0.2) is 0 Å². The van der Waals surface area contributed by atoms with Crippen LogP contribution >= 0.6 is 0 Å². The molecule has 2 aliphatic rings. The molecule has 2 amide bonds. The van der Waals surface area contributed by atoms with Crippen molar-refractivity contribution < 1.29 is 9.59 Å². The maximum atomic E-state index is 11.6. The molecule has 1 atom stereocenters. The summed E-state index contributed by atoms with van der Waals surface area (Å²) < 4.78 is 0. The Hall–Kier alpha value is -1.10. The van der Waals surface area contributed by atoms with Crippen molar-refractivity contribution in [2.24, 2.45) is 5.92 Å². The van der Waals surface area contributed by atoms with Crippen molar-refractivity contribution in [1.29, 1.82) is 0 Å². The molecule has 1 aliphatic heterocycles. The van der Waals surface area contributed by atoms with Crippen molar-refractivity contribution in [3.63, 3.8) is 0 Å². The van der Waals surface area contributed by atoms with Crippen LogP contribution in [0.5, 0.6) is 0 Å². The van der Waals surface area contributed by atoms with Crippen LogP contribution in [0.25, 0.3) is 0 Å². The van der Waals surface area contributed by atoms with Crippen molar-refractivity contribution >= 4 is 11.8 Å². The van der Waals surface area contributed by atoms with Gasteiger partial charge in [0.2, 0.25) is 11.8 Å². The molecule has 0 aromatic rings. The SMILES string of the molecule is O=C(NCCNC1CCCCNC1=O)C1CC1. The Morgan fingerprint density at radius 1 is 1.24 bits per heavy atom. The van der Waals surface area contributed by atoms with Gasteiger partial charge in [-0.15, -0.1) is 0 Å². The van der Waals surface area contributed by atoms with Crippen LogP contribution in [0.1, 0.15) is 32.1 Å². The van der Waals surface area contributed by atoms with Gasteiger partial charge in [-0.05, 0) is 32.1 Å². The highest BCUT2D eigenvalue weighted by molar-refractivity contribution is 5.82. The van der Waals surface area contributed by atoms with E-state index in [2.05, 4.69) is 16.0 Å². The van der Waals surface area contributed by atoms with Crippen LogP contribution in [-0.2, 0) is 9.59 Å². The van der Waals surface area contributed by atoms with Gasteiger partial charge in [0.1, 0.15) is 0 Å². The van der Waals surface area contributed by atoms with Gasteiger partial charge in [0.25, 0.3) is 0 Å². The number of carbonyl (C=O) groups is 2. The third-order valence-corrected chi connectivity index (χ3v) is 3.30. The van der Waals surface area contributed by atoms with E-state index in [9.17, 15) is 9.59 Å². The summed E-state index contributed by atoms with van der Waals surface area (Å²) in [6.45, 7) is 2.06. The summed E-state index contributed by atoms with van der Waals surface area (Å²) in [5, 5.41) is 8.96. The minimum absolute atomic E-state index is 0.0877. The number of amides is 2. The van der Waals surface area contributed by atoms with E-state index in [1.165, 1.54) is 0 Å². The van der Waals surface area contributed by atoms with E-state index >= 15 is 0 Å². The van der Waals surface area contributed by atoms with E-state index in [0.29, 0.717) is 13.1 Å². The molecule has 96 valence electrons. The zero-order chi connectivity index (χ0) is 12.1. The molecule has 2 rings (SSSR count). The van der Waals surface area contributed by atoms with Crippen LogP contribution in [-0.4, -0.2) is 37.5 Å². The fraction of sp³-hybridized carbons (Fsp3) is 0.833. The van der Waals surface area contributed by atoms with Gasteiger partial charge in [0.05, 0.1) is 6.04 Å². The molecule has 5 nitrogen and oxygen atoms in total. The summed E-state index contributed by atoms with van der Waals surface area (Å²) >= 11 is 0. The monoisotopic (exact) mass is 239 g/mol. The smallest absolute Gasteiger partial charge is 0.237 e. The number of carbonyl (C=O) groups excluding carboxylic acids is 2. The second kappa shape index (κ2) is 6.00. The number of nitrogens with one attached hydrogen (secondary N) is 3. The summed E-state index contributed by atoms with van der Waals surface area (Å²) in [6, 6.07) is -0.0877. The van der Waals surface area contributed by atoms with E-state index in [1.54, 1.807) is 0 Å². The minimum Gasteiger partial charge on any atom is -0.355 e. The third kappa shape index (κ3) is 4.00. The second-order valence-electron chi connectivity index (χ2n) is 4.86. The van der Waals surface area contributed by atoms with Crippen molar-refractivity contribution in [2.75, 3.05) is 19.6 Å². The number of rotatable bonds is 5. The van der Waals surface area contributed by atoms with E-state index < -0.39 is 0 Å². The molecule has 0 bridgehead atoms. The summed E-state index contributed by atoms with van der Waals surface area (Å²) in [5.74, 6) is 0.518. The van der Waals surface area contributed by atoms with Gasteiger partial charge in [-0.2, -0.15) is 0 Å². The van der Waals surface area contributed by atoms with Gasteiger partial charge >= 0.3 is 0 Å². The first-order chi connectivity index (χ1) is 8.27. The molecule has 0 aromatic heterocycles. The summed E-state index contributed by atoms with van der Waals surface area (Å²) in [4.78, 5) is 23.0. The van der Waals surface area contributed by atoms with Gasteiger partial charge in [-0.3, -0.25) is 9.59 Å². The lowest BCUT2D eigenvalue weighted by Crippen LogP contribution is -2.45. The highest BCUT2D eigenvalue weighted by Crippen LogP contribution is 2.28. The third-order valence-electron chi connectivity index (χ3n) is 3.30. The minimum atomic E-state index is -0.0877. The first-order valence-electron chi connectivity index (χ1n) is 6.56. The molecule has 1 aliphatic carbocycles. The van der Waals surface area contributed by atoms with Gasteiger partial charge < -0.3 is 16.0 Å². The zero-order valence-electron chi connectivity index (χ0n) is 10.1. The van der Waals surface area contributed by atoms with Crippen LogP contribution in [0.2, 0.25) is 0 Å². The highest BCUT2D eigenvalue weighted by Gasteiger charge is 2.29. The lowest BCUT2D eigenvalue weighted by molar-refractivity contribution is -0.122. The Morgan fingerprint density at radius 3 is 2.82 bits per heavy atom. The van der Waals surface area contributed by atoms with E-state index in [1.807, 2.05) is 0 Å². The molecule has 5 heteroatoms. The predicted octanol–water partition coefficient (Wildman–Crippen LogP) is -0.229. The van der Waals surface area contributed by atoms with E-state index in [4.69, 9.17) is 0 Å². The molecular weight excluding hydrogens is 218 g/mol. The van der Waals surface area contributed by atoms with Crippen LogP contribution in [0, 0.1) is 5.92 Å². The van der Waals surface area contributed by atoms with Gasteiger partial charge in [-0.1, -0.05) is 0 Å². The Morgan fingerprint density at radius 2 is 2.06 bits per heavy atom. The standard InChI is InChI=1S/C12H21N3O2/c16-11(9-4-5-9)15-8-7-13-10-3-1-2-6-14-12(10)17/h9-10,13H,1-8H2,(H,14,17)(H,15,16). The maximum Gasteiger partial charge on any atom is 0.237 e. The Balaban J connectivity index is 1.59. The number of hydrogen-bond donors (Lipinski definition) is 3. The molecule has 1 unspecified atom stereocenters. The Kier molecular flexibility index (Phi) is 4.36. The molecule has 1 saturated heterocycles. The first-order valence-corrected chi connectivity index (χ1v) is 6.56. The van der Waals surface area contributed by atoms with Gasteiger partial charge in [0, 0.05) is 25.6 Å². The predicted molar refractivity (Wildman–Crippen MR) is 64.4 cm³/mol. The molecule has 0 aromatic carbocycles. The zero-order valence-corrected chi connectivity index (χ0v) is 10.1. The van der Waals surface area contributed by atoms with Crippen molar-refractivity contribution in [1.82, 2.24) is 16.0 Å². The fourth-order valence-electron chi connectivity index (χ4n) is 2.06. The van der Waals surface area contributed by atoms with Crippen LogP contribution in [0.3, 0.4) is 0 Å². The quantitative estimate of drug-likeness (QED) is 0.580. The molecule has 17 heavy (non-hydrogen) atoms. The van der Waals surface area contributed by atoms with Crippen LogP contribution < -0.4 is 16.0 Å². The van der Waals surface area contributed by atoms with Crippen molar-refractivity contribution in [2.45, 2.75) is 38.1 Å². The maximum absolute atomic E-state index is 11.6. The van der Waals surface area contributed by atoms with Gasteiger partial charge in [0.15, 0.2) is 0 Å². The lowest BCUT2D eigenvalue weighted by atomic mass is 10.1. The van der Waals surface area contributed by atoms with Crippen molar-refractivity contribution in [3.05, 3.63) is 0 Å². The van der Waals surface area contributed by atoms with E-state index in [0.717, 1.165) is 38.6 Å². The van der Waals surface area contributed by atoms with Gasteiger partial charge in [-0.25, -0.2) is 0 Å². The second-order valence-corrected chi connectivity index (χ2v) is 4.86. The van der Waals surface area contributed by atoms with Crippen LogP contribution in [0.4, 0.5) is 0 Å². The molecule has 3 N–H and O–H groups in total. The van der Waals surface area contributed by atoms with E-state index in [-0.39, 0.29) is 23.8 Å². The largest absolute Gasteiger partial charge is 0.355 e. The highest BCUT2D eigenvalue weighted by atomic mass is 16.2. The normalized spacial score (nSPS) is 24.9. The molecular formula is C12H21N3O2. The Bertz CT molecular complexity index is 289. The number of hydrogen-bond acceptors (Lipinski definition) is 3. The Labute approximate surface area is 102 Å². The summed E-state index contributed by atoms with van der Waals surface area (Å²) in [6.07, 6.45) is 5.09. The lowest BCUT2D eigenvalue weighted by Gasteiger charge is -2.15. The molecule has 1 heterocycles. The first kappa shape index (κ1) is 12.4. The molecule has 0 spiro atoms. The topological polar surface area (TPSA) is 70.2 Å². The summed E-state index contributed by atoms with van der Waals surface area (Å²) in [7, 11) is 0. The molecule has 1 saturated carbocycles. The average molecular weight is 239 g/mol. The summed E-state index contributed by atoms with van der Waals surface area (Å²) in [5.41, 5.74) is 0. The average Bonchev–Trinajstić information content (AvgIpc) is 3.13. The fourth-order valence-corrected chi connectivity index (χ4v) is 2.06. The van der Waals surface area contributed by atoms with Crippen molar-refractivity contribution in [3.8, 4) is 0 Å². The molecule has 2 fully saturated rings.